The van der Waals surface area contributed by atoms with Crippen molar-refractivity contribution in [2.75, 3.05) is 32.3 Å². The molecule has 0 aromatic heterocycles. The second-order valence-corrected chi connectivity index (χ2v) is 5.21. The molecule has 1 aromatic rings. The summed E-state index contributed by atoms with van der Waals surface area (Å²) in [6, 6.07) is 3.44. The van der Waals surface area contributed by atoms with Crippen LogP contribution in [-0.2, 0) is 9.53 Å². The van der Waals surface area contributed by atoms with Crippen molar-refractivity contribution in [2.45, 2.75) is 26.5 Å². The molecule has 1 aromatic carbocycles. The van der Waals surface area contributed by atoms with E-state index < -0.39 is 12.2 Å². The lowest BCUT2D eigenvalue weighted by Crippen LogP contribution is -2.41. The minimum Gasteiger partial charge on any atom is -0.507 e. The molecule has 0 radical (unpaired) electrons. The lowest BCUT2D eigenvalue weighted by atomic mass is 9.95. The number of nitrogens with zero attached hydrogens (tertiary/aromatic N) is 1. The largest absolute Gasteiger partial charge is 0.507 e. The van der Waals surface area contributed by atoms with Crippen LogP contribution in [0.25, 0.3) is 5.76 Å². The zero-order valence-electron chi connectivity index (χ0n) is 14.3. The van der Waals surface area contributed by atoms with E-state index >= 15 is 0 Å². The molecular weight excluding hydrogens is 314 g/mol. The standard InChI is InChI=1S/C17H23NO6/c1-5-18-11-7-8-12(22-3)16(23-4)14(11)15(20)10(17(18)21)9-13(19)24-6-2/h7-8,17,20-21H,5-6,9H2,1-4H3. The highest BCUT2D eigenvalue weighted by molar-refractivity contribution is 5.87. The number of ether oxygens (including phenoxy) is 3. The number of aliphatic hydroxyl groups excluding tert-OH is 2. The van der Waals surface area contributed by atoms with Crippen molar-refractivity contribution < 1.29 is 29.2 Å². The molecule has 1 unspecified atom stereocenters. The van der Waals surface area contributed by atoms with E-state index in [1.165, 1.54) is 14.2 Å². The third-order valence-electron chi connectivity index (χ3n) is 3.96. The first-order valence-corrected chi connectivity index (χ1v) is 7.77. The predicted octanol–water partition coefficient (Wildman–Crippen LogP) is 2.08. The Kier molecular flexibility index (Phi) is 5.56. The van der Waals surface area contributed by atoms with E-state index in [4.69, 9.17) is 14.2 Å². The average Bonchev–Trinajstić information content (AvgIpc) is 2.58. The number of likely N-dealkylation sites (N-methyl/N-ethyl adjacent to an activating group) is 1. The van der Waals surface area contributed by atoms with Crippen molar-refractivity contribution in [3.63, 3.8) is 0 Å². The van der Waals surface area contributed by atoms with E-state index in [1.54, 1.807) is 24.0 Å². The molecule has 24 heavy (non-hydrogen) atoms. The third kappa shape index (κ3) is 2.99. The van der Waals surface area contributed by atoms with Crippen molar-refractivity contribution in [1.82, 2.24) is 0 Å². The number of hydrogen-bond acceptors (Lipinski definition) is 7. The molecule has 132 valence electrons. The first-order valence-electron chi connectivity index (χ1n) is 7.77. The van der Waals surface area contributed by atoms with Gasteiger partial charge < -0.3 is 29.3 Å². The smallest absolute Gasteiger partial charge is 0.310 e. The Morgan fingerprint density at radius 3 is 2.50 bits per heavy atom. The number of carbonyl (C=O) groups is 1. The molecule has 2 rings (SSSR count). The summed E-state index contributed by atoms with van der Waals surface area (Å²) >= 11 is 0. The van der Waals surface area contributed by atoms with Crippen LogP contribution >= 0.6 is 0 Å². The van der Waals surface area contributed by atoms with Crippen molar-refractivity contribution in [1.29, 1.82) is 0 Å². The van der Waals surface area contributed by atoms with E-state index in [0.29, 0.717) is 29.3 Å². The number of methoxy groups -OCH3 is 2. The van der Waals surface area contributed by atoms with Gasteiger partial charge in [0.05, 0.1) is 38.5 Å². The topological polar surface area (TPSA) is 88.5 Å². The predicted molar refractivity (Wildman–Crippen MR) is 89.4 cm³/mol. The minimum absolute atomic E-state index is 0.175. The van der Waals surface area contributed by atoms with Crippen LogP contribution in [0.3, 0.4) is 0 Å². The Balaban J connectivity index is 2.63. The molecule has 0 saturated heterocycles. The van der Waals surface area contributed by atoms with E-state index in [-0.39, 0.29) is 24.4 Å². The average molecular weight is 337 g/mol. The van der Waals surface area contributed by atoms with Crippen LogP contribution in [0.2, 0.25) is 0 Å². The number of anilines is 1. The fourth-order valence-electron chi connectivity index (χ4n) is 2.87. The zero-order valence-corrected chi connectivity index (χ0v) is 14.3. The summed E-state index contributed by atoms with van der Waals surface area (Å²) in [5.74, 6) is 0.0930. The van der Waals surface area contributed by atoms with E-state index in [2.05, 4.69) is 0 Å². The Morgan fingerprint density at radius 1 is 1.25 bits per heavy atom. The summed E-state index contributed by atoms with van der Waals surface area (Å²) in [6.45, 7) is 4.27. The van der Waals surface area contributed by atoms with Gasteiger partial charge in [0.1, 0.15) is 5.76 Å². The Bertz CT molecular complexity index is 655. The number of hydrogen-bond donors (Lipinski definition) is 2. The van der Waals surface area contributed by atoms with E-state index in [1.807, 2.05) is 6.92 Å². The molecule has 2 N–H and O–H groups in total. The lowest BCUT2D eigenvalue weighted by molar-refractivity contribution is -0.142. The Hall–Kier alpha value is -2.41. The van der Waals surface area contributed by atoms with Gasteiger partial charge in [-0.05, 0) is 26.0 Å². The first kappa shape index (κ1) is 17.9. The van der Waals surface area contributed by atoms with Gasteiger partial charge in [0, 0.05) is 12.1 Å². The minimum atomic E-state index is -1.12. The van der Waals surface area contributed by atoms with Crippen molar-refractivity contribution in [3.8, 4) is 11.5 Å². The summed E-state index contributed by atoms with van der Waals surface area (Å²) in [6.07, 6.45) is -1.33. The van der Waals surface area contributed by atoms with Crippen LogP contribution in [-0.4, -0.2) is 49.8 Å². The van der Waals surface area contributed by atoms with Crippen molar-refractivity contribution in [2.24, 2.45) is 0 Å². The molecule has 0 fully saturated rings. The summed E-state index contributed by atoms with van der Waals surface area (Å²) < 4.78 is 15.6. The molecule has 7 nitrogen and oxygen atoms in total. The van der Waals surface area contributed by atoms with Crippen LogP contribution in [0.4, 0.5) is 5.69 Å². The number of fused-ring (bicyclic) bond motifs is 1. The zero-order chi connectivity index (χ0) is 17.9. The number of carbonyl (C=O) groups excluding carboxylic acids is 1. The molecule has 7 heteroatoms. The van der Waals surface area contributed by atoms with Crippen molar-refractivity contribution in [3.05, 3.63) is 23.3 Å². The second-order valence-electron chi connectivity index (χ2n) is 5.21. The summed E-state index contributed by atoms with van der Waals surface area (Å²) in [5, 5.41) is 21.3. The summed E-state index contributed by atoms with van der Waals surface area (Å²) in [7, 11) is 2.97. The molecule has 0 bridgehead atoms. The number of benzene rings is 1. The van der Waals surface area contributed by atoms with E-state index in [9.17, 15) is 15.0 Å². The maximum Gasteiger partial charge on any atom is 0.310 e. The molecule has 0 aliphatic carbocycles. The summed E-state index contributed by atoms with van der Waals surface area (Å²) in [4.78, 5) is 13.5. The molecule has 1 atom stereocenters. The summed E-state index contributed by atoms with van der Waals surface area (Å²) in [5.41, 5.74) is 1.17. The van der Waals surface area contributed by atoms with Gasteiger partial charge in [-0.2, -0.15) is 0 Å². The van der Waals surface area contributed by atoms with Gasteiger partial charge in [0.2, 0.25) is 0 Å². The highest BCUT2D eigenvalue weighted by Crippen LogP contribution is 2.46. The van der Waals surface area contributed by atoms with Gasteiger partial charge in [-0.1, -0.05) is 0 Å². The van der Waals surface area contributed by atoms with Gasteiger partial charge in [-0.25, -0.2) is 0 Å². The fourth-order valence-corrected chi connectivity index (χ4v) is 2.87. The number of rotatable bonds is 6. The SMILES string of the molecule is CCOC(=O)CC1=C(O)c2c(ccc(OC)c2OC)N(CC)C1O. The lowest BCUT2D eigenvalue weighted by Gasteiger charge is -2.37. The first-order chi connectivity index (χ1) is 11.5. The highest BCUT2D eigenvalue weighted by atomic mass is 16.5. The van der Waals surface area contributed by atoms with Gasteiger partial charge in [0.15, 0.2) is 17.7 Å². The molecule has 1 aliphatic heterocycles. The number of esters is 1. The molecule has 0 saturated carbocycles. The van der Waals surface area contributed by atoms with Gasteiger partial charge in [-0.3, -0.25) is 4.79 Å². The van der Waals surface area contributed by atoms with Crippen LogP contribution in [0.15, 0.2) is 17.7 Å². The maximum atomic E-state index is 11.8. The second kappa shape index (κ2) is 7.44. The molecule has 1 aliphatic rings. The highest BCUT2D eigenvalue weighted by Gasteiger charge is 2.35. The van der Waals surface area contributed by atoms with Gasteiger partial charge >= 0.3 is 5.97 Å². The monoisotopic (exact) mass is 337 g/mol. The quantitative estimate of drug-likeness (QED) is 0.768. The third-order valence-corrected chi connectivity index (χ3v) is 3.96. The molecule has 0 spiro atoms. The van der Waals surface area contributed by atoms with Crippen LogP contribution in [0, 0.1) is 0 Å². The molecule has 1 heterocycles. The normalized spacial score (nSPS) is 16.7. The van der Waals surface area contributed by atoms with Gasteiger partial charge in [-0.15, -0.1) is 0 Å². The van der Waals surface area contributed by atoms with Crippen LogP contribution < -0.4 is 14.4 Å². The number of aliphatic hydroxyl groups is 2. The van der Waals surface area contributed by atoms with E-state index in [0.717, 1.165) is 0 Å². The molecule has 0 amide bonds. The van der Waals surface area contributed by atoms with Crippen LogP contribution in [0.1, 0.15) is 25.8 Å². The maximum absolute atomic E-state index is 11.8. The van der Waals surface area contributed by atoms with Gasteiger partial charge in [0.25, 0.3) is 0 Å². The Morgan fingerprint density at radius 2 is 1.96 bits per heavy atom. The van der Waals surface area contributed by atoms with Crippen LogP contribution in [0.5, 0.6) is 11.5 Å². The molecular formula is C17H23NO6. The fraction of sp³-hybridized carbons (Fsp3) is 0.471. The Labute approximate surface area is 141 Å². The van der Waals surface area contributed by atoms with Crippen molar-refractivity contribution >= 4 is 17.4 Å².